The molecule has 2 aromatic carbocycles. The molecule has 0 aliphatic carbocycles. The van der Waals surface area contributed by atoms with Gasteiger partial charge in [0.2, 0.25) is 5.91 Å². The van der Waals surface area contributed by atoms with Gasteiger partial charge in [-0.3, -0.25) is 9.78 Å². The van der Waals surface area contributed by atoms with Gasteiger partial charge in [0, 0.05) is 55.2 Å². The molecular weight excluding hydrogens is 470 g/mol. The van der Waals surface area contributed by atoms with Gasteiger partial charge in [-0.05, 0) is 73.4 Å². The summed E-state index contributed by atoms with van der Waals surface area (Å²) in [5.74, 6) is 0.0856. The molecule has 0 bridgehead atoms. The highest BCUT2D eigenvalue weighted by molar-refractivity contribution is 7.91. The summed E-state index contributed by atoms with van der Waals surface area (Å²) in [6.45, 7) is 4.06. The van der Waals surface area contributed by atoms with E-state index in [1.54, 1.807) is 36.2 Å². The van der Waals surface area contributed by atoms with E-state index in [0.717, 1.165) is 48.1 Å². The second kappa shape index (κ2) is 10.3. The summed E-state index contributed by atoms with van der Waals surface area (Å²) in [6, 6.07) is 14.6. The van der Waals surface area contributed by atoms with Crippen LogP contribution in [-0.2, 0) is 14.6 Å². The van der Waals surface area contributed by atoms with E-state index in [-0.39, 0.29) is 17.6 Å². The summed E-state index contributed by atoms with van der Waals surface area (Å²) in [6.07, 6.45) is 3.81. The SMILES string of the molecule is Cc1cc(N2CCC(C(=O)N(C)CCCS(=O)(=O)c3ccc4cc(Cl)ccc4c3)CC2)ccn1. The molecule has 6 nitrogen and oxygen atoms in total. The molecule has 1 fully saturated rings. The van der Waals surface area contributed by atoms with Gasteiger partial charge in [-0.2, -0.15) is 0 Å². The fourth-order valence-corrected chi connectivity index (χ4v) is 6.04. The molecule has 3 aromatic rings. The average molecular weight is 500 g/mol. The minimum absolute atomic E-state index is 0.00353. The van der Waals surface area contributed by atoms with Crippen LogP contribution in [0.3, 0.4) is 0 Å². The number of pyridine rings is 1. The molecule has 1 saturated heterocycles. The van der Waals surface area contributed by atoms with Gasteiger partial charge in [0.15, 0.2) is 9.84 Å². The number of sulfone groups is 1. The number of amides is 1. The fraction of sp³-hybridized carbons (Fsp3) is 0.385. The van der Waals surface area contributed by atoms with Crippen LogP contribution in [0.15, 0.2) is 59.6 Å². The monoisotopic (exact) mass is 499 g/mol. The summed E-state index contributed by atoms with van der Waals surface area (Å²) in [4.78, 5) is 21.5. The van der Waals surface area contributed by atoms with Gasteiger partial charge in [-0.15, -0.1) is 0 Å². The third kappa shape index (κ3) is 5.70. The molecule has 0 spiro atoms. The first-order chi connectivity index (χ1) is 16.2. The maximum atomic E-state index is 12.9. The summed E-state index contributed by atoms with van der Waals surface area (Å²) < 4.78 is 25.7. The second-order valence-corrected chi connectivity index (χ2v) is 11.5. The molecule has 8 heteroatoms. The molecule has 1 aliphatic heterocycles. The Bertz CT molecular complexity index is 1290. The van der Waals surface area contributed by atoms with Crippen molar-refractivity contribution in [1.29, 1.82) is 0 Å². The quantitative estimate of drug-likeness (QED) is 0.469. The van der Waals surface area contributed by atoms with Gasteiger partial charge < -0.3 is 9.80 Å². The number of fused-ring (bicyclic) bond motifs is 1. The van der Waals surface area contributed by atoms with Crippen LogP contribution in [0.2, 0.25) is 5.02 Å². The first-order valence-electron chi connectivity index (χ1n) is 11.6. The predicted octanol–water partition coefficient (Wildman–Crippen LogP) is 4.74. The maximum absolute atomic E-state index is 12.9. The minimum Gasteiger partial charge on any atom is -0.371 e. The van der Waals surface area contributed by atoms with E-state index in [4.69, 9.17) is 11.6 Å². The van der Waals surface area contributed by atoms with Gasteiger partial charge in [-0.1, -0.05) is 23.7 Å². The van der Waals surface area contributed by atoms with Gasteiger partial charge in [0.25, 0.3) is 0 Å². The normalized spacial score (nSPS) is 15.0. The van der Waals surface area contributed by atoms with Gasteiger partial charge in [-0.25, -0.2) is 8.42 Å². The van der Waals surface area contributed by atoms with Crippen LogP contribution in [0.25, 0.3) is 10.8 Å². The number of halogens is 1. The van der Waals surface area contributed by atoms with E-state index in [0.29, 0.717) is 22.9 Å². The van der Waals surface area contributed by atoms with Crippen LogP contribution < -0.4 is 4.90 Å². The number of aromatic nitrogens is 1. The lowest BCUT2D eigenvalue weighted by atomic mass is 9.95. The molecule has 1 aliphatic rings. The summed E-state index contributed by atoms with van der Waals surface area (Å²) in [5, 5.41) is 2.36. The summed E-state index contributed by atoms with van der Waals surface area (Å²) in [7, 11) is -1.66. The van der Waals surface area contributed by atoms with Crippen molar-refractivity contribution in [3.8, 4) is 0 Å². The highest BCUT2D eigenvalue weighted by Crippen LogP contribution is 2.26. The zero-order chi connectivity index (χ0) is 24.3. The Kier molecular flexibility index (Phi) is 7.43. The zero-order valence-electron chi connectivity index (χ0n) is 19.6. The number of hydrogen-bond donors (Lipinski definition) is 0. The van der Waals surface area contributed by atoms with E-state index < -0.39 is 9.84 Å². The van der Waals surface area contributed by atoms with Crippen LogP contribution in [0, 0.1) is 12.8 Å². The number of nitrogens with zero attached hydrogens (tertiary/aromatic N) is 3. The lowest BCUT2D eigenvalue weighted by molar-refractivity contribution is -0.134. The third-order valence-corrected chi connectivity index (χ3v) is 8.54. The standard InChI is InChI=1S/C26H30ClN3O3S/c1-19-16-24(8-11-28-19)30-13-9-20(10-14-30)26(31)29(2)12-3-15-34(32,33)25-7-5-21-17-23(27)6-4-22(21)18-25/h4-8,11,16-18,20H,3,9-10,12-15H2,1-2H3. The van der Waals surface area contributed by atoms with Crippen molar-refractivity contribution in [2.24, 2.45) is 5.92 Å². The average Bonchev–Trinajstić information content (AvgIpc) is 2.83. The van der Waals surface area contributed by atoms with Crippen LogP contribution in [0.1, 0.15) is 25.0 Å². The maximum Gasteiger partial charge on any atom is 0.225 e. The number of rotatable bonds is 7. The van der Waals surface area contributed by atoms with Crippen molar-refractivity contribution in [2.75, 3.05) is 37.3 Å². The highest BCUT2D eigenvalue weighted by atomic mass is 35.5. The van der Waals surface area contributed by atoms with Crippen LogP contribution >= 0.6 is 11.6 Å². The predicted molar refractivity (Wildman–Crippen MR) is 137 cm³/mol. The molecule has 0 radical (unpaired) electrons. The Balaban J connectivity index is 1.28. The molecule has 0 saturated carbocycles. The minimum atomic E-state index is -3.43. The largest absolute Gasteiger partial charge is 0.371 e. The Hall–Kier alpha value is -2.64. The molecule has 0 atom stereocenters. The third-order valence-electron chi connectivity index (χ3n) is 6.51. The number of piperidine rings is 1. The Morgan fingerprint density at radius 1 is 1.09 bits per heavy atom. The number of aryl methyl sites for hydroxylation is 1. The number of benzene rings is 2. The lowest BCUT2D eigenvalue weighted by Gasteiger charge is -2.34. The molecule has 0 unspecified atom stereocenters. The molecule has 2 heterocycles. The Morgan fingerprint density at radius 2 is 1.79 bits per heavy atom. The van der Waals surface area contributed by atoms with Gasteiger partial charge >= 0.3 is 0 Å². The number of anilines is 1. The molecule has 1 amide bonds. The van der Waals surface area contributed by atoms with E-state index in [2.05, 4.69) is 16.0 Å². The van der Waals surface area contributed by atoms with E-state index in [9.17, 15) is 13.2 Å². The van der Waals surface area contributed by atoms with Crippen molar-refractivity contribution in [2.45, 2.75) is 31.1 Å². The first-order valence-corrected chi connectivity index (χ1v) is 13.6. The van der Waals surface area contributed by atoms with Crippen molar-refractivity contribution < 1.29 is 13.2 Å². The van der Waals surface area contributed by atoms with Crippen molar-refractivity contribution in [1.82, 2.24) is 9.88 Å². The van der Waals surface area contributed by atoms with Crippen LogP contribution in [-0.4, -0.2) is 56.6 Å². The Labute approximate surface area is 206 Å². The Morgan fingerprint density at radius 3 is 2.53 bits per heavy atom. The molecule has 34 heavy (non-hydrogen) atoms. The zero-order valence-corrected chi connectivity index (χ0v) is 21.1. The van der Waals surface area contributed by atoms with E-state index in [1.807, 2.05) is 31.3 Å². The van der Waals surface area contributed by atoms with E-state index >= 15 is 0 Å². The smallest absolute Gasteiger partial charge is 0.225 e. The van der Waals surface area contributed by atoms with Crippen molar-refractivity contribution in [3.63, 3.8) is 0 Å². The van der Waals surface area contributed by atoms with Gasteiger partial charge in [0.05, 0.1) is 10.6 Å². The number of carbonyl (C=O) groups excluding carboxylic acids is 1. The highest BCUT2D eigenvalue weighted by Gasteiger charge is 2.27. The lowest BCUT2D eigenvalue weighted by Crippen LogP contribution is -2.41. The van der Waals surface area contributed by atoms with Gasteiger partial charge in [0.1, 0.15) is 0 Å². The van der Waals surface area contributed by atoms with E-state index in [1.165, 1.54) is 0 Å². The molecule has 180 valence electrons. The second-order valence-electron chi connectivity index (χ2n) is 9.00. The van der Waals surface area contributed by atoms with Crippen molar-refractivity contribution >= 4 is 43.8 Å². The molecule has 4 rings (SSSR count). The fourth-order valence-electron chi connectivity index (χ4n) is 4.53. The van der Waals surface area contributed by atoms with Crippen LogP contribution in [0.5, 0.6) is 0 Å². The van der Waals surface area contributed by atoms with Crippen LogP contribution in [0.4, 0.5) is 5.69 Å². The first kappa shape index (κ1) is 24.5. The summed E-state index contributed by atoms with van der Waals surface area (Å²) >= 11 is 6.01. The summed E-state index contributed by atoms with van der Waals surface area (Å²) in [5.41, 5.74) is 2.13. The molecule has 0 N–H and O–H groups in total. The molecule has 1 aromatic heterocycles. The topological polar surface area (TPSA) is 70.6 Å². The van der Waals surface area contributed by atoms with Crippen molar-refractivity contribution in [3.05, 3.63) is 65.4 Å². The number of hydrogen-bond acceptors (Lipinski definition) is 5. The molecular formula is C26H30ClN3O3S. The number of carbonyl (C=O) groups is 1.